The van der Waals surface area contributed by atoms with Crippen molar-refractivity contribution in [3.8, 4) is 0 Å². The molecule has 4 nitrogen and oxygen atoms in total. The van der Waals surface area contributed by atoms with Gasteiger partial charge < -0.3 is 15.1 Å². The van der Waals surface area contributed by atoms with Crippen molar-refractivity contribution in [2.75, 3.05) is 0 Å². The molecule has 0 radical (unpaired) electrons. The van der Waals surface area contributed by atoms with E-state index >= 15 is 0 Å². The number of aliphatic hydroxyl groups is 2. The van der Waals surface area contributed by atoms with Crippen molar-refractivity contribution in [3.05, 3.63) is 0 Å². The van der Waals surface area contributed by atoms with Gasteiger partial charge in [0.25, 0.3) is 0 Å². The first-order valence-electron chi connectivity index (χ1n) is 5.96. The molecule has 1 amide bonds. The van der Waals surface area contributed by atoms with E-state index in [1.165, 1.54) is 0 Å². The molecule has 4 rings (SSSR count). The summed E-state index contributed by atoms with van der Waals surface area (Å²) in [5, 5.41) is 20.4. The molecule has 2 N–H and O–H groups in total. The van der Waals surface area contributed by atoms with E-state index in [-0.39, 0.29) is 32.1 Å². The van der Waals surface area contributed by atoms with Crippen molar-refractivity contribution >= 4 is 5.91 Å². The van der Waals surface area contributed by atoms with Gasteiger partial charge in [-0.3, -0.25) is 4.79 Å². The average molecular weight is 265 g/mol. The van der Waals surface area contributed by atoms with Gasteiger partial charge in [-0.25, -0.2) is 0 Å². The quantitative estimate of drug-likeness (QED) is 0.673. The average Bonchev–Trinajstić information content (AvgIpc) is 2.09. The third kappa shape index (κ3) is 1.64. The Bertz CT molecular complexity index is 373. The Labute approximate surface area is 101 Å². The van der Waals surface area contributed by atoms with Crippen LogP contribution >= 0.6 is 0 Å². The van der Waals surface area contributed by atoms with E-state index in [2.05, 4.69) is 0 Å². The number of amides is 1. The van der Waals surface area contributed by atoms with Gasteiger partial charge >= 0.3 is 12.1 Å². The first-order valence-corrected chi connectivity index (χ1v) is 5.96. The fourth-order valence-electron chi connectivity index (χ4n) is 4.14. The molecule has 0 aromatic heterocycles. The molecular weight excluding hydrogens is 251 g/mol. The molecule has 0 atom stereocenters. The van der Waals surface area contributed by atoms with E-state index in [9.17, 15) is 28.2 Å². The van der Waals surface area contributed by atoms with Crippen LogP contribution in [0.3, 0.4) is 0 Å². The second-order valence-electron chi connectivity index (χ2n) is 5.96. The van der Waals surface area contributed by atoms with Gasteiger partial charge in [-0.05, 0) is 25.7 Å². The Hall–Kier alpha value is -0.820. The van der Waals surface area contributed by atoms with Gasteiger partial charge in [0.1, 0.15) is 0 Å². The molecular formula is C11H14F3NO3. The number of hydrogen-bond acceptors (Lipinski definition) is 3. The van der Waals surface area contributed by atoms with Crippen LogP contribution in [0, 0.1) is 0 Å². The van der Waals surface area contributed by atoms with Crippen molar-refractivity contribution in [1.82, 2.24) is 4.90 Å². The second kappa shape index (κ2) is 3.19. The number of carbonyl (C=O) groups excluding carboxylic acids is 1. The molecule has 4 aliphatic rings. The number of piperidine rings is 2. The summed E-state index contributed by atoms with van der Waals surface area (Å²) < 4.78 is 37.6. The van der Waals surface area contributed by atoms with Crippen LogP contribution in [-0.2, 0) is 4.79 Å². The molecule has 0 aromatic rings. The summed E-state index contributed by atoms with van der Waals surface area (Å²) in [6, 6.07) is -1.40. The molecule has 7 heteroatoms. The van der Waals surface area contributed by atoms with Gasteiger partial charge in [0.2, 0.25) is 0 Å². The smallest absolute Gasteiger partial charge is 0.390 e. The largest absolute Gasteiger partial charge is 0.471 e. The van der Waals surface area contributed by atoms with Crippen LogP contribution in [0.2, 0.25) is 0 Å². The highest BCUT2D eigenvalue weighted by Gasteiger charge is 2.63. The molecule has 2 aliphatic heterocycles. The highest BCUT2D eigenvalue weighted by Crippen LogP contribution is 2.53. The van der Waals surface area contributed by atoms with E-state index in [1.807, 2.05) is 0 Å². The number of nitrogens with zero attached hydrogens (tertiary/aromatic N) is 1. The summed E-state index contributed by atoms with van der Waals surface area (Å²) >= 11 is 0. The summed E-state index contributed by atoms with van der Waals surface area (Å²) in [6.07, 6.45) is -4.15. The Balaban J connectivity index is 1.91. The van der Waals surface area contributed by atoms with Crippen molar-refractivity contribution < 1.29 is 28.2 Å². The molecule has 0 unspecified atom stereocenters. The summed E-state index contributed by atoms with van der Waals surface area (Å²) in [4.78, 5) is 12.2. The standard InChI is InChI=1S/C11H14F3NO3/c12-11(13,14)8(16)15-6-1-9(17)3-7(15)4-10(18,2-6)5-9/h6-7,17-18H,1-5H2. The van der Waals surface area contributed by atoms with E-state index in [1.54, 1.807) is 0 Å². The van der Waals surface area contributed by atoms with Crippen LogP contribution in [0.15, 0.2) is 0 Å². The molecule has 2 aliphatic carbocycles. The first kappa shape index (κ1) is 12.2. The zero-order valence-electron chi connectivity index (χ0n) is 9.57. The van der Waals surface area contributed by atoms with Crippen LogP contribution in [0.25, 0.3) is 0 Å². The number of alkyl halides is 3. The number of hydrogen-bond donors (Lipinski definition) is 2. The topological polar surface area (TPSA) is 60.8 Å². The van der Waals surface area contributed by atoms with Crippen molar-refractivity contribution in [2.24, 2.45) is 0 Å². The lowest BCUT2D eigenvalue weighted by Gasteiger charge is -2.62. The Morgan fingerprint density at radius 2 is 1.44 bits per heavy atom. The maximum atomic E-state index is 12.5. The molecule has 4 bridgehead atoms. The summed E-state index contributed by atoms with van der Waals surface area (Å²) in [7, 11) is 0. The maximum absolute atomic E-state index is 12.5. The lowest BCUT2D eigenvalue weighted by molar-refractivity contribution is -0.238. The van der Waals surface area contributed by atoms with E-state index in [0.717, 1.165) is 4.90 Å². The summed E-state index contributed by atoms with van der Waals surface area (Å²) in [5.41, 5.74) is -2.22. The minimum atomic E-state index is -4.89. The van der Waals surface area contributed by atoms with E-state index < -0.39 is 35.4 Å². The molecule has 102 valence electrons. The fourth-order valence-corrected chi connectivity index (χ4v) is 4.14. The minimum Gasteiger partial charge on any atom is -0.390 e. The second-order valence-corrected chi connectivity index (χ2v) is 5.96. The third-order valence-electron chi connectivity index (χ3n) is 4.38. The molecule has 0 aromatic carbocycles. The highest BCUT2D eigenvalue weighted by molar-refractivity contribution is 5.83. The van der Waals surface area contributed by atoms with Crippen molar-refractivity contribution in [1.29, 1.82) is 0 Å². The number of rotatable bonds is 0. The normalized spacial score (nSPS) is 46.6. The van der Waals surface area contributed by atoms with Gasteiger partial charge in [-0.1, -0.05) is 0 Å². The van der Waals surface area contributed by atoms with Gasteiger partial charge in [0, 0.05) is 18.5 Å². The molecule has 18 heavy (non-hydrogen) atoms. The van der Waals surface area contributed by atoms with Gasteiger partial charge in [0.15, 0.2) is 0 Å². The van der Waals surface area contributed by atoms with E-state index in [4.69, 9.17) is 0 Å². The van der Waals surface area contributed by atoms with E-state index in [0.29, 0.717) is 0 Å². The van der Waals surface area contributed by atoms with Gasteiger partial charge in [-0.15, -0.1) is 0 Å². The number of carbonyl (C=O) groups is 1. The Morgan fingerprint density at radius 3 is 1.78 bits per heavy atom. The molecule has 2 saturated carbocycles. The monoisotopic (exact) mass is 265 g/mol. The zero-order valence-corrected chi connectivity index (χ0v) is 9.57. The predicted octanol–water partition coefficient (Wildman–Crippen LogP) is 0.568. The van der Waals surface area contributed by atoms with Crippen LogP contribution in [0.4, 0.5) is 13.2 Å². The molecule has 4 fully saturated rings. The molecule has 2 heterocycles. The van der Waals surface area contributed by atoms with Crippen molar-refractivity contribution in [3.63, 3.8) is 0 Å². The molecule has 2 saturated heterocycles. The summed E-state index contributed by atoms with van der Waals surface area (Å²) in [6.45, 7) is 0. The minimum absolute atomic E-state index is 0.133. The zero-order chi connectivity index (χ0) is 13.3. The van der Waals surface area contributed by atoms with Gasteiger partial charge in [-0.2, -0.15) is 13.2 Å². The van der Waals surface area contributed by atoms with Crippen LogP contribution < -0.4 is 0 Å². The number of halogens is 3. The maximum Gasteiger partial charge on any atom is 0.471 e. The lowest BCUT2D eigenvalue weighted by Crippen LogP contribution is -2.72. The van der Waals surface area contributed by atoms with Crippen LogP contribution in [-0.4, -0.2) is 50.5 Å². The lowest BCUT2D eigenvalue weighted by atomic mass is 9.59. The van der Waals surface area contributed by atoms with Crippen LogP contribution in [0.1, 0.15) is 32.1 Å². The summed E-state index contributed by atoms with van der Waals surface area (Å²) in [5.74, 6) is -1.84. The molecule has 0 spiro atoms. The Morgan fingerprint density at radius 1 is 1.06 bits per heavy atom. The van der Waals surface area contributed by atoms with Gasteiger partial charge in [0.05, 0.1) is 11.2 Å². The predicted molar refractivity (Wildman–Crippen MR) is 53.5 cm³/mol. The Kier molecular flexibility index (Phi) is 2.17. The third-order valence-corrected chi connectivity index (χ3v) is 4.38. The highest BCUT2D eigenvalue weighted by atomic mass is 19.4. The fraction of sp³-hybridized carbons (Fsp3) is 0.909. The van der Waals surface area contributed by atoms with Crippen molar-refractivity contribution in [2.45, 2.75) is 61.6 Å². The first-order chi connectivity index (χ1) is 8.12. The SMILES string of the molecule is O=C(N1C2CC3(O)CC1CC(O)(C2)C3)C(F)(F)F. The van der Waals surface area contributed by atoms with Crippen LogP contribution in [0.5, 0.6) is 0 Å².